The molecule has 2 saturated carbocycles. The van der Waals surface area contributed by atoms with E-state index in [-0.39, 0.29) is 5.56 Å². The van der Waals surface area contributed by atoms with Gasteiger partial charge < -0.3 is 4.98 Å². The molecule has 196 valence electrons. The molecule has 2 aliphatic carbocycles. The second-order valence-corrected chi connectivity index (χ2v) is 12.1. The van der Waals surface area contributed by atoms with Crippen LogP contribution in [0.4, 0.5) is 0 Å². The largest absolute Gasteiger partial charge is 0.325 e. The highest BCUT2D eigenvalue weighted by Gasteiger charge is 2.41. The summed E-state index contributed by atoms with van der Waals surface area (Å²) in [7, 11) is 0. The minimum absolute atomic E-state index is 0.0651. The Morgan fingerprint density at radius 2 is 1.53 bits per heavy atom. The van der Waals surface area contributed by atoms with E-state index < -0.39 is 5.41 Å². The second-order valence-electron chi connectivity index (χ2n) is 12.1. The summed E-state index contributed by atoms with van der Waals surface area (Å²) in [6.45, 7) is 6.86. The number of H-pyrrole nitrogens is 1. The standard InChI is InChI=1S/C35H40N2O/c1-4-9-25-20-29(25)27-17-23(18-28(19-27)30-21-26(30)10-5-2)22-35(3,32-13-8-14-34(38)37-32)33-16-15-24-11-6-7-12-31(24)36-33/h6-8,11-19,25-26,29-30H,4-5,9-10,20-22H2,1-3H3,(H,37,38). The van der Waals surface area contributed by atoms with E-state index in [0.29, 0.717) is 11.8 Å². The number of rotatable bonds is 10. The van der Waals surface area contributed by atoms with Crippen LogP contribution in [0.15, 0.2) is 77.6 Å². The van der Waals surface area contributed by atoms with Crippen LogP contribution in [0, 0.1) is 11.8 Å². The number of pyridine rings is 2. The minimum atomic E-state index is -0.459. The number of aromatic nitrogens is 2. The van der Waals surface area contributed by atoms with Crippen molar-refractivity contribution in [3.05, 3.63) is 111 Å². The molecule has 0 spiro atoms. The molecule has 2 heterocycles. The van der Waals surface area contributed by atoms with Crippen molar-refractivity contribution in [3.63, 3.8) is 0 Å². The normalized spacial score (nSPS) is 23.8. The fourth-order valence-corrected chi connectivity index (χ4v) is 6.84. The summed E-state index contributed by atoms with van der Waals surface area (Å²) in [5, 5.41) is 1.14. The lowest BCUT2D eigenvalue weighted by Gasteiger charge is -2.30. The topological polar surface area (TPSA) is 45.8 Å². The summed E-state index contributed by atoms with van der Waals surface area (Å²) in [5.74, 6) is 3.10. The number of hydrogen-bond acceptors (Lipinski definition) is 2. The highest BCUT2D eigenvalue weighted by Crippen LogP contribution is 2.54. The van der Waals surface area contributed by atoms with E-state index >= 15 is 0 Å². The molecule has 0 radical (unpaired) electrons. The lowest BCUT2D eigenvalue weighted by atomic mass is 9.76. The summed E-state index contributed by atoms with van der Waals surface area (Å²) >= 11 is 0. The van der Waals surface area contributed by atoms with E-state index in [4.69, 9.17) is 4.98 Å². The van der Waals surface area contributed by atoms with E-state index in [2.05, 4.69) is 80.4 Å². The van der Waals surface area contributed by atoms with Gasteiger partial charge in [-0.15, -0.1) is 0 Å². The number of aromatic amines is 1. The van der Waals surface area contributed by atoms with E-state index in [1.54, 1.807) is 6.07 Å². The minimum Gasteiger partial charge on any atom is -0.325 e. The third-order valence-electron chi connectivity index (χ3n) is 9.14. The fourth-order valence-electron chi connectivity index (χ4n) is 6.84. The van der Waals surface area contributed by atoms with Crippen LogP contribution in [-0.4, -0.2) is 9.97 Å². The van der Waals surface area contributed by atoms with Gasteiger partial charge in [0.2, 0.25) is 5.56 Å². The maximum Gasteiger partial charge on any atom is 0.248 e. The van der Waals surface area contributed by atoms with E-state index in [0.717, 1.165) is 40.5 Å². The number of fused-ring (bicyclic) bond motifs is 1. The van der Waals surface area contributed by atoms with Gasteiger partial charge in [-0.25, -0.2) is 0 Å². The van der Waals surface area contributed by atoms with Crippen LogP contribution in [0.25, 0.3) is 10.9 Å². The van der Waals surface area contributed by atoms with Gasteiger partial charge in [-0.2, -0.15) is 0 Å². The third kappa shape index (κ3) is 4.96. The maximum atomic E-state index is 12.5. The summed E-state index contributed by atoms with van der Waals surface area (Å²) in [6, 6.07) is 25.6. The first kappa shape index (κ1) is 25.1. The molecule has 0 saturated heterocycles. The molecule has 1 N–H and O–H groups in total. The van der Waals surface area contributed by atoms with Gasteiger partial charge in [-0.05, 0) is 84.7 Å². The molecular formula is C35H40N2O. The Balaban J connectivity index is 1.43. The van der Waals surface area contributed by atoms with Crippen molar-refractivity contribution >= 4 is 10.9 Å². The summed E-state index contributed by atoms with van der Waals surface area (Å²) in [6.07, 6.45) is 8.65. The monoisotopic (exact) mass is 504 g/mol. The SMILES string of the molecule is CCCC1CC1c1cc(CC(C)(c2ccc3ccccc3n2)c2cccc(=O)[nH]2)cc(C2CC2CCC)c1. The number of para-hydroxylation sites is 1. The number of nitrogens with one attached hydrogen (secondary N) is 1. The smallest absolute Gasteiger partial charge is 0.248 e. The summed E-state index contributed by atoms with van der Waals surface area (Å²) < 4.78 is 0. The van der Waals surface area contributed by atoms with Crippen molar-refractivity contribution in [2.24, 2.45) is 11.8 Å². The van der Waals surface area contributed by atoms with Gasteiger partial charge in [-0.1, -0.05) is 88.1 Å². The van der Waals surface area contributed by atoms with Crippen LogP contribution in [0.2, 0.25) is 0 Å². The van der Waals surface area contributed by atoms with Crippen LogP contribution in [0.3, 0.4) is 0 Å². The second kappa shape index (κ2) is 10.2. The first-order valence-electron chi connectivity index (χ1n) is 14.7. The quantitative estimate of drug-likeness (QED) is 0.236. The molecule has 2 aromatic heterocycles. The molecule has 5 unspecified atom stereocenters. The Bertz CT molecular complexity index is 1470. The van der Waals surface area contributed by atoms with Crippen molar-refractivity contribution in [1.82, 2.24) is 9.97 Å². The highest BCUT2D eigenvalue weighted by molar-refractivity contribution is 5.78. The summed E-state index contributed by atoms with van der Waals surface area (Å²) in [5.41, 5.74) is 6.82. The molecule has 0 bridgehead atoms. The zero-order valence-corrected chi connectivity index (χ0v) is 23.0. The first-order valence-corrected chi connectivity index (χ1v) is 14.7. The third-order valence-corrected chi connectivity index (χ3v) is 9.14. The van der Waals surface area contributed by atoms with Gasteiger partial charge in [0.25, 0.3) is 0 Å². The number of nitrogens with zero attached hydrogens (tertiary/aromatic N) is 1. The summed E-state index contributed by atoms with van der Waals surface area (Å²) in [4.78, 5) is 20.8. The molecule has 2 aromatic carbocycles. The molecular weight excluding hydrogens is 464 g/mol. The van der Waals surface area contributed by atoms with Gasteiger partial charge in [0, 0.05) is 17.1 Å². The van der Waals surface area contributed by atoms with Gasteiger partial charge >= 0.3 is 0 Å². The average Bonchev–Trinajstić information content (AvgIpc) is 3.85. The van der Waals surface area contributed by atoms with Crippen molar-refractivity contribution in [1.29, 1.82) is 0 Å². The lowest BCUT2D eigenvalue weighted by molar-refractivity contribution is 0.531. The van der Waals surface area contributed by atoms with Crippen LogP contribution in [0.5, 0.6) is 0 Å². The molecule has 3 nitrogen and oxygen atoms in total. The molecule has 5 atom stereocenters. The van der Waals surface area contributed by atoms with Crippen LogP contribution in [0.1, 0.15) is 99.2 Å². The molecule has 4 aromatic rings. The van der Waals surface area contributed by atoms with E-state index in [1.807, 2.05) is 12.1 Å². The predicted molar refractivity (Wildman–Crippen MR) is 157 cm³/mol. The first-order chi connectivity index (χ1) is 18.5. The van der Waals surface area contributed by atoms with Gasteiger partial charge in [0.1, 0.15) is 0 Å². The zero-order valence-electron chi connectivity index (χ0n) is 23.0. The fraction of sp³-hybridized carbons (Fsp3) is 0.429. The zero-order chi connectivity index (χ0) is 26.3. The highest BCUT2D eigenvalue weighted by atomic mass is 16.1. The van der Waals surface area contributed by atoms with Crippen LogP contribution < -0.4 is 5.56 Å². The van der Waals surface area contributed by atoms with Gasteiger partial charge in [-0.3, -0.25) is 9.78 Å². The molecule has 6 rings (SSSR count). The molecule has 2 fully saturated rings. The van der Waals surface area contributed by atoms with E-state index in [9.17, 15) is 4.79 Å². The Hall–Kier alpha value is -3.20. The molecule has 3 heteroatoms. The van der Waals surface area contributed by atoms with Crippen molar-refractivity contribution < 1.29 is 0 Å². The molecule has 38 heavy (non-hydrogen) atoms. The maximum absolute atomic E-state index is 12.5. The van der Waals surface area contributed by atoms with Gasteiger partial charge in [0.05, 0.1) is 16.6 Å². The Labute approximate surface area is 226 Å². The molecule has 2 aliphatic rings. The van der Waals surface area contributed by atoms with Crippen molar-refractivity contribution in [3.8, 4) is 0 Å². The van der Waals surface area contributed by atoms with Gasteiger partial charge in [0.15, 0.2) is 0 Å². The predicted octanol–water partition coefficient (Wildman–Crippen LogP) is 8.28. The Morgan fingerprint density at radius 3 is 2.18 bits per heavy atom. The van der Waals surface area contributed by atoms with Crippen molar-refractivity contribution in [2.75, 3.05) is 0 Å². The Kier molecular flexibility index (Phi) is 6.72. The number of hydrogen-bond donors (Lipinski definition) is 1. The van der Waals surface area contributed by atoms with Crippen LogP contribution in [-0.2, 0) is 11.8 Å². The molecule has 0 aliphatic heterocycles. The average molecular weight is 505 g/mol. The van der Waals surface area contributed by atoms with E-state index in [1.165, 1.54) is 55.2 Å². The number of benzene rings is 2. The lowest BCUT2D eigenvalue weighted by Crippen LogP contribution is -2.31. The Morgan fingerprint density at radius 1 is 0.842 bits per heavy atom. The molecule has 0 amide bonds. The van der Waals surface area contributed by atoms with Crippen LogP contribution >= 0.6 is 0 Å². The van der Waals surface area contributed by atoms with Crippen molar-refractivity contribution in [2.45, 2.75) is 83.0 Å².